The minimum atomic E-state index is -4.60. The molecule has 1 N–H and O–H groups in total. The zero-order chi connectivity index (χ0) is 16.8. The highest BCUT2D eigenvalue weighted by atomic mass is 32.1. The Morgan fingerprint density at radius 2 is 1.87 bits per heavy atom. The highest BCUT2D eigenvalue weighted by molar-refractivity contribution is 7.15. The van der Waals surface area contributed by atoms with E-state index in [9.17, 15) is 22.8 Å². The summed E-state index contributed by atoms with van der Waals surface area (Å²) in [7, 11) is 0. The lowest BCUT2D eigenvalue weighted by Crippen LogP contribution is -2.39. The SMILES string of the molecule is O=C(O)c1ccc(C(=O)N2CCn3c(nnc3C(F)(F)F)C2)s1. The smallest absolute Gasteiger partial charge is 0.451 e. The van der Waals surface area contributed by atoms with Crippen molar-refractivity contribution in [1.82, 2.24) is 19.7 Å². The fourth-order valence-corrected chi connectivity index (χ4v) is 3.08. The number of fused-ring (bicyclic) bond motifs is 1. The second-order valence-electron chi connectivity index (χ2n) is 4.78. The summed E-state index contributed by atoms with van der Waals surface area (Å²) in [5.41, 5.74) is 0. The second-order valence-corrected chi connectivity index (χ2v) is 5.87. The number of nitrogens with zero attached hydrogens (tertiary/aromatic N) is 4. The number of carbonyl (C=O) groups is 2. The number of aromatic nitrogens is 3. The van der Waals surface area contributed by atoms with E-state index in [2.05, 4.69) is 10.2 Å². The number of hydrogen-bond acceptors (Lipinski definition) is 5. The van der Waals surface area contributed by atoms with Gasteiger partial charge in [0.2, 0.25) is 5.82 Å². The summed E-state index contributed by atoms with van der Waals surface area (Å²) in [5.74, 6) is -2.61. The molecule has 1 amide bonds. The van der Waals surface area contributed by atoms with Gasteiger partial charge in [0.1, 0.15) is 4.88 Å². The van der Waals surface area contributed by atoms with Crippen LogP contribution >= 0.6 is 11.3 Å². The molecule has 2 aromatic rings. The lowest BCUT2D eigenvalue weighted by atomic mass is 10.3. The van der Waals surface area contributed by atoms with Crippen LogP contribution in [-0.4, -0.2) is 43.2 Å². The molecule has 3 heterocycles. The quantitative estimate of drug-likeness (QED) is 0.894. The van der Waals surface area contributed by atoms with Crippen molar-refractivity contribution in [3.63, 3.8) is 0 Å². The number of rotatable bonds is 2. The van der Waals surface area contributed by atoms with Gasteiger partial charge in [-0.3, -0.25) is 4.79 Å². The van der Waals surface area contributed by atoms with E-state index in [1.165, 1.54) is 17.0 Å². The van der Waals surface area contributed by atoms with E-state index in [0.717, 1.165) is 15.9 Å². The van der Waals surface area contributed by atoms with Gasteiger partial charge in [-0.2, -0.15) is 13.2 Å². The van der Waals surface area contributed by atoms with Crippen molar-refractivity contribution < 1.29 is 27.9 Å². The molecule has 0 aliphatic carbocycles. The Labute approximate surface area is 131 Å². The first-order chi connectivity index (χ1) is 10.8. The predicted octanol–water partition coefficient (Wildman–Crippen LogP) is 1.71. The second kappa shape index (κ2) is 5.33. The van der Waals surface area contributed by atoms with Crippen LogP contribution < -0.4 is 0 Å². The summed E-state index contributed by atoms with van der Waals surface area (Å²) in [6.45, 7) is -0.116. The van der Waals surface area contributed by atoms with E-state index in [-0.39, 0.29) is 35.2 Å². The number of alkyl halides is 3. The van der Waals surface area contributed by atoms with Crippen molar-refractivity contribution in [2.75, 3.05) is 6.54 Å². The normalized spacial score (nSPS) is 14.7. The highest BCUT2D eigenvalue weighted by Crippen LogP contribution is 2.30. The Morgan fingerprint density at radius 1 is 1.17 bits per heavy atom. The van der Waals surface area contributed by atoms with Gasteiger partial charge in [0.15, 0.2) is 5.82 Å². The van der Waals surface area contributed by atoms with Gasteiger partial charge < -0.3 is 14.6 Å². The van der Waals surface area contributed by atoms with Crippen LogP contribution in [0.15, 0.2) is 12.1 Å². The van der Waals surface area contributed by atoms with E-state index >= 15 is 0 Å². The average Bonchev–Trinajstić information content (AvgIpc) is 3.12. The molecule has 3 rings (SSSR count). The van der Waals surface area contributed by atoms with E-state index in [0.29, 0.717) is 0 Å². The third-order valence-electron chi connectivity index (χ3n) is 3.32. The molecule has 122 valence electrons. The van der Waals surface area contributed by atoms with Crippen molar-refractivity contribution in [3.05, 3.63) is 33.5 Å². The molecule has 7 nitrogen and oxygen atoms in total. The molecule has 0 saturated heterocycles. The highest BCUT2D eigenvalue weighted by Gasteiger charge is 2.40. The summed E-state index contributed by atoms with van der Waals surface area (Å²) in [6.07, 6.45) is -4.60. The third kappa shape index (κ3) is 2.79. The predicted molar refractivity (Wildman–Crippen MR) is 71.0 cm³/mol. The molecule has 1 aliphatic rings. The van der Waals surface area contributed by atoms with Crippen LogP contribution in [0.25, 0.3) is 0 Å². The Balaban J connectivity index is 1.80. The summed E-state index contributed by atoms with van der Waals surface area (Å²) in [5, 5.41) is 15.5. The van der Waals surface area contributed by atoms with E-state index in [1.54, 1.807) is 0 Å². The summed E-state index contributed by atoms with van der Waals surface area (Å²) < 4.78 is 39.2. The monoisotopic (exact) mass is 346 g/mol. The first-order valence-electron chi connectivity index (χ1n) is 6.39. The first kappa shape index (κ1) is 15.5. The fourth-order valence-electron chi connectivity index (χ4n) is 2.26. The molecule has 0 saturated carbocycles. The van der Waals surface area contributed by atoms with Crippen molar-refractivity contribution in [2.24, 2.45) is 0 Å². The van der Waals surface area contributed by atoms with Gasteiger partial charge in [-0.1, -0.05) is 0 Å². The number of aromatic carboxylic acids is 1. The maximum atomic E-state index is 12.8. The molecular weight excluding hydrogens is 337 g/mol. The van der Waals surface area contributed by atoms with E-state index < -0.39 is 23.9 Å². The maximum Gasteiger partial charge on any atom is 0.451 e. The van der Waals surface area contributed by atoms with Crippen molar-refractivity contribution in [2.45, 2.75) is 19.3 Å². The largest absolute Gasteiger partial charge is 0.477 e. The summed E-state index contributed by atoms with van der Waals surface area (Å²) >= 11 is 0.820. The molecule has 0 fully saturated rings. The van der Waals surface area contributed by atoms with Crippen LogP contribution in [0.5, 0.6) is 0 Å². The van der Waals surface area contributed by atoms with Gasteiger partial charge in [-0.15, -0.1) is 21.5 Å². The number of halogens is 3. The van der Waals surface area contributed by atoms with Gasteiger partial charge in [0.25, 0.3) is 5.91 Å². The van der Waals surface area contributed by atoms with Gasteiger partial charge in [-0.25, -0.2) is 4.79 Å². The lowest BCUT2D eigenvalue weighted by molar-refractivity contribution is -0.147. The number of carboxylic acid groups (broad SMARTS) is 1. The molecule has 11 heteroatoms. The minimum absolute atomic E-state index is 0.0212. The number of hydrogen-bond donors (Lipinski definition) is 1. The topological polar surface area (TPSA) is 88.3 Å². The van der Waals surface area contributed by atoms with Crippen LogP contribution in [0.1, 0.15) is 31.0 Å². The summed E-state index contributed by atoms with van der Waals surface area (Å²) in [6, 6.07) is 2.70. The van der Waals surface area contributed by atoms with Gasteiger partial charge in [-0.05, 0) is 12.1 Å². The molecule has 0 bridgehead atoms. The van der Waals surface area contributed by atoms with Crippen LogP contribution in [-0.2, 0) is 19.3 Å². The zero-order valence-corrected chi connectivity index (χ0v) is 12.2. The van der Waals surface area contributed by atoms with Crippen molar-refractivity contribution in [1.29, 1.82) is 0 Å². The Kier molecular flexibility index (Phi) is 3.59. The maximum absolute atomic E-state index is 12.8. The van der Waals surface area contributed by atoms with Crippen molar-refractivity contribution >= 4 is 23.2 Å². The molecule has 0 spiro atoms. The van der Waals surface area contributed by atoms with Crippen LogP contribution in [0.4, 0.5) is 13.2 Å². The summed E-state index contributed by atoms with van der Waals surface area (Å²) in [4.78, 5) is 24.7. The fraction of sp³-hybridized carbons (Fsp3) is 0.333. The Hall–Kier alpha value is -2.43. The van der Waals surface area contributed by atoms with Gasteiger partial charge >= 0.3 is 12.1 Å². The number of amides is 1. The van der Waals surface area contributed by atoms with Crippen molar-refractivity contribution in [3.8, 4) is 0 Å². The molecule has 0 radical (unpaired) electrons. The Bertz CT molecular complexity index is 783. The van der Waals surface area contributed by atoms with Crippen LogP contribution in [0.3, 0.4) is 0 Å². The molecule has 0 unspecified atom stereocenters. The number of carboxylic acids is 1. The molecular formula is C12H9F3N4O3S. The zero-order valence-electron chi connectivity index (χ0n) is 11.4. The first-order valence-corrected chi connectivity index (χ1v) is 7.20. The molecule has 2 aromatic heterocycles. The molecule has 0 atom stereocenters. The minimum Gasteiger partial charge on any atom is -0.477 e. The average molecular weight is 346 g/mol. The van der Waals surface area contributed by atoms with Gasteiger partial charge in [0.05, 0.1) is 11.4 Å². The van der Waals surface area contributed by atoms with Crippen LogP contribution in [0.2, 0.25) is 0 Å². The third-order valence-corrected chi connectivity index (χ3v) is 4.38. The van der Waals surface area contributed by atoms with Crippen LogP contribution in [0, 0.1) is 0 Å². The van der Waals surface area contributed by atoms with E-state index in [1.807, 2.05) is 0 Å². The number of thiophene rings is 1. The molecule has 0 aromatic carbocycles. The lowest BCUT2D eigenvalue weighted by Gasteiger charge is -2.27. The standard InChI is InChI=1S/C12H9F3N4O3S/c13-12(14,15)11-17-16-8-5-18(3-4-19(8)11)9(20)6-1-2-7(23-6)10(21)22/h1-2H,3-5H2,(H,21,22). The number of carbonyl (C=O) groups excluding carboxylic acids is 1. The van der Waals surface area contributed by atoms with E-state index in [4.69, 9.17) is 5.11 Å². The van der Waals surface area contributed by atoms with Gasteiger partial charge in [0, 0.05) is 13.1 Å². The Morgan fingerprint density at radius 3 is 2.48 bits per heavy atom. The molecule has 23 heavy (non-hydrogen) atoms. The molecule has 1 aliphatic heterocycles.